The monoisotopic (exact) mass is 506 g/mol. The molecule has 3 N–H and O–H groups in total. The van der Waals surface area contributed by atoms with Gasteiger partial charge in [0.15, 0.2) is 0 Å². The fourth-order valence-electron chi connectivity index (χ4n) is 5.09. The van der Waals surface area contributed by atoms with E-state index in [0.717, 1.165) is 67.8 Å². The molecule has 2 aliphatic rings. The van der Waals surface area contributed by atoms with Gasteiger partial charge in [0, 0.05) is 43.3 Å². The molecular weight excluding hydrogens is 464 g/mol. The number of benzene rings is 2. The van der Waals surface area contributed by atoms with Crippen LogP contribution in [-0.2, 0) is 15.0 Å². The lowest BCUT2D eigenvalue weighted by Crippen LogP contribution is -2.44. The van der Waals surface area contributed by atoms with E-state index < -0.39 is 0 Å². The van der Waals surface area contributed by atoms with Gasteiger partial charge in [0.1, 0.15) is 0 Å². The Kier molecular flexibility index (Phi) is 9.86. The minimum Gasteiger partial charge on any atom is -0.372 e. The molecule has 0 aliphatic carbocycles. The number of rotatable bonds is 6. The molecule has 0 radical (unpaired) electrons. The van der Waals surface area contributed by atoms with Crippen LogP contribution in [0.2, 0.25) is 0 Å². The van der Waals surface area contributed by atoms with Crippen molar-refractivity contribution < 1.29 is 14.4 Å². The second-order valence-electron chi connectivity index (χ2n) is 10.9. The van der Waals surface area contributed by atoms with Crippen molar-refractivity contribution in [2.45, 2.75) is 71.3 Å². The molecule has 2 aromatic carbocycles. The second kappa shape index (κ2) is 12.9. The van der Waals surface area contributed by atoms with Crippen molar-refractivity contribution in [3.8, 4) is 11.1 Å². The van der Waals surface area contributed by atoms with Crippen molar-refractivity contribution in [3.63, 3.8) is 0 Å². The summed E-state index contributed by atoms with van der Waals surface area (Å²) in [6.07, 6.45) is 4.91. The Morgan fingerprint density at radius 2 is 1.81 bits per heavy atom. The number of nitrogens with two attached hydrogens (primary N) is 1. The molecule has 2 saturated heterocycles. The summed E-state index contributed by atoms with van der Waals surface area (Å²) in [5.74, 6) is 0.172. The highest BCUT2D eigenvalue weighted by Gasteiger charge is 2.25. The highest BCUT2D eigenvalue weighted by molar-refractivity contribution is 6.02. The van der Waals surface area contributed by atoms with Crippen LogP contribution in [0.3, 0.4) is 0 Å². The van der Waals surface area contributed by atoms with Crippen molar-refractivity contribution in [1.82, 2.24) is 10.2 Å². The summed E-state index contributed by atoms with van der Waals surface area (Å²) in [5.41, 5.74) is 8.78. The van der Waals surface area contributed by atoms with Gasteiger partial charge in [-0.1, -0.05) is 52.0 Å². The van der Waals surface area contributed by atoms with E-state index in [1.807, 2.05) is 23.1 Å². The summed E-state index contributed by atoms with van der Waals surface area (Å²) in [5, 5.41) is 3.33. The lowest BCUT2D eigenvalue weighted by atomic mass is 9.84. The molecule has 0 unspecified atom stereocenters. The van der Waals surface area contributed by atoms with Gasteiger partial charge in [-0.05, 0) is 72.5 Å². The van der Waals surface area contributed by atoms with E-state index in [4.69, 9.17) is 4.79 Å². The third-order valence-corrected chi connectivity index (χ3v) is 7.14. The largest absolute Gasteiger partial charge is 0.372 e. The number of piperidine rings is 1. The SMILES string of the molecule is CCCN1CCC(NC(=O)c2cc(C(C)(C)C)ccc2-c2cccc(N3CCCC3=O)c2)CC1.NC=O. The fraction of sp³-hybridized carbons (Fsp3) is 0.500. The van der Waals surface area contributed by atoms with Crippen LogP contribution in [0.4, 0.5) is 5.69 Å². The normalized spacial score (nSPS) is 16.8. The number of primary amides is 1. The highest BCUT2D eigenvalue weighted by atomic mass is 16.2. The summed E-state index contributed by atoms with van der Waals surface area (Å²) in [6, 6.07) is 14.5. The third kappa shape index (κ3) is 7.41. The molecule has 0 aromatic heterocycles. The van der Waals surface area contributed by atoms with E-state index in [-0.39, 0.29) is 29.7 Å². The number of amides is 3. The van der Waals surface area contributed by atoms with Crippen LogP contribution in [0.1, 0.15) is 75.7 Å². The van der Waals surface area contributed by atoms with Gasteiger partial charge in [0.25, 0.3) is 5.91 Å². The van der Waals surface area contributed by atoms with Crippen molar-refractivity contribution in [1.29, 1.82) is 0 Å². The zero-order valence-electron chi connectivity index (χ0n) is 22.8. The van der Waals surface area contributed by atoms with Gasteiger partial charge in [0.2, 0.25) is 12.3 Å². The van der Waals surface area contributed by atoms with Crippen LogP contribution in [-0.4, -0.2) is 55.3 Å². The van der Waals surface area contributed by atoms with Crippen molar-refractivity contribution in [2.75, 3.05) is 31.1 Å². The Bertz CT molecular complexity index is 1080. The standard InChI is InChI=1S/C29H39N3O2.CH3NO/c1-5-15-31-17-13-23(14-18-31)30-28(34)26-20-22(29(2,3)4)11-12-25(26)21-8-6-9-24(19-21)32-16-7-10-27(32)33;2-1-3/h6,8-9,11-12,19-20,23H,5,7,10,13-18H2,1-4H3,(H,30,34);1H,(H2,2,3). The van der Waals surface area contributed by atoms with Gasteiger partial charge in [-0.25, -0.2) is 0 Å². The third-order valence-electron chi connectivity index (χ3n) is 7.14. The van der Waals surface area contributed by atoms with Gasteiger partial charge in [-0.15, -0.1) is 0 Å². The first kappa shape index (κ1) is 28.4. The van der Waals surface area contributed by atoms with Crippen molar-refractivity contribution >= 4 is 23.9 Å². The molecule has 7 nitrogen and oxygen atoms in total. The summed E-state index contributed by atoms with van der Waals surface area (Å²) in [6.45, 7) is 12.7. The Balaban J connectivity index is 0.00000121. The van der Waals surface area contributed by atoms with Gasteiger partial charge < -0.3 is 20.9 Å². The number of nitrogens with one attached hydrogen (secondary N) is 1. The Labute approximate surface area is 221 Å². The number of hydrogen-bond acceptors (Lipinski definition) is 4. The van der Waals surface area contributed by atoms with Crippen molar-refractivity contribution in [2.24, 2.45) is 5.73 Å². The average Bonchev–Trinajstić information content (AvgIpc) is 3.31. The van der Waals surface area contributed by atoms with Crippen LogP contribution in [0, 0.1) is 0 Å². The number of nitrogens with zero attached hydrogens (tertiary/aromatic N) is 2. The summed E-state index contributed by atoms with van der Waals surface area (Å²) < 4.78 is 0. The van der Waals surface area contributed by atoms with Crippen LogP contribution in [0.15, 0.2) is 42.5 Å². The summed E-state index contributed by atoms with van der Waals surface area (Å²) in [4.78, 5) is 38.8. The molecule has 4 rings (SSSR count). The molecular formula is C30H42N4O3. The minimum absolute atomic E-state index is 0.00214. The number of likely N-dealkylation sites (tertiary alicyclic amines) is 1. The predicted molar refractivity (Wildman–Crippen MR) is 150 cm³/mol. The first-order valence-corrected chi connectivity index (χ1v) is 13.4. The summed E-state index contributed by atoms with van der Waals surface area (Å²) >= 11 is 0. The lowest BCUT2D eigenvalue weighted by molar-refractivity contribution is -0.117. The zero-order valence-corrected chi connectivity index (χ0v) is 22.8. The van der Waals surface area contributed by atoms with Gasteiger partial charge in [-0.2, -0.15) is 0 Å². The molecule has 2 aromatic rings. The molecule has 2 fully saturated rings. The first-order chi connectivity index (χ1) is 17.7. The smallest absolute Gasteiger partial charge is 0.252 e. The lowest BCUT2D eigenvalue weighted by Gasteiger charge is -2.32. The summed E-state index contributed by atoms with van der Waals surface area (Å²) in [7, 11) is 0. The van der Waals surface area contributed by atoms with E-state index in [9.17, 15) is 9.59 Å². The van der Waals surface area contributed by atoms with Crippen LogP contribution < -0.4 is 16.0 Å². The maximum absolute atomic E-state index is 13.6. The predicted octanol–water partition coefficient (Wildman–Crippen LogP) is 4.48. The Morgan fingerprint density at radius 1 is 1.11 bits per heavy atom. The molecule has 0 spiro atoms. The van der Waals surface area contributed by atoms with Gasteiger partial charge >= 0.3 is 0 Å². The number of anilines is 1. The zero-order chi connectivity index (χ0) is 27.0. The highest BCUT2D eigenvalue weighted by Crippen LogP contribution is 2.33. The number of carbonyl (C=O) groups is 3. The minimum atomic E-state index is -0.0527. The van der Waals surface area contributed by atoms with E-state index >= 15 is 0 Å². The Morgan fingerprint density at radius 3 is 2.41 bits per heavy atom. The van der Waals surface area contributed by atoms with Crippen LogP contribution in [0.5, 0.6) is 0 Å². The second-order valence-corrected chi connectivity index (χ2v) is 10.9. The number of carbonyl (C=O) groups excluding carboxylic acids is 3. The molecule has 2 heterocycles. The van der Waals surface area contributed by atoms with E-state index in [2.05, 4.69) is 67.9 Å². The van der Waals surface area contributed by atoms with E-state index in [0.29, 0.717) is 12.0 Å². The van der Waals surface area contributed by atoms with E-state index in [1.54, 1.807) is 0 Å². The topological polar surface area (TPSA) is 95.7 Å². The molecule has 0 saturated carbocycles. The number of hydrogen-bond donors (Lipinski definition) is 2. The maximum atomic E-state index is 13.6. The van der Waals surface area contributed by atoms with Crippen LogP contribution >= 0.6 is 0 Å². The molecule has 2 aliphatic heterocycles. The maximum Gasteiger partial charge on any atom is 0.252 e. The van der Waals surface area contributed by atoms with E-state index in [1.165, 1.54) is 6.42 Å². The van der Waals surface area contributed by atoms with Crippen molar-refractivity contribution in [3.05, 3.63) is 53.6 Å². The van der Waals surface area contributed by atoms with Crippen LogP contribution in [0.25, 0.3) is 11.1 Å². The Hall–Kier alpha value is -3.19. The van der Waals surface area contributed by atoms with Gasteiger partial charge in [-0.3, -0.25) is 14.4 Å². The molecule has 3 amide bonds. The molecule has 7 heteroatoms. The molecule has 0 atom stereocenters. The molecule has 37 heavy (non-hydrogen) atoms. The molecule has 0 bridgehead atoms. The quantitative estimate of drug-likeness (QED) is 0.565. The van der Waals surface area contributed by atoms with Gasteiger partial charge in [0.05, 0.1) is 0 Å². The first-order valence-electron chi connectivity index (χ1n) is 13.4. The average molecular weight is 507 g/mol. The molecule has 200 valence electrons. The fourth-order valence-corrected chi connectivity index (χ4v) is 5.09.